The van der Waals surface area contributed by atoms with E-state index in [2.05, 4.69) is 11.8 Å². The summed E-state index contributed by atoms with van der Waals surface area (Å²) in [6.07, 6.45) is 2.58. The average molecular weight is 239 g/mol. The van der Waals surface area contributed by atoms with Gasteiger partial charge in [0.25, 0.3) is 0 Å². The lowest BCUT2D eigenvalue weighted by atomic mass is 10.0. The van der Waals surface area contributed by atoms with Gasteiger partial charge in [-0.05, 0) is 40.0 Å². The van der Waals surface area contributed by atoms with Crippen molar-refractivity contribution in [2.45, 2.75) is 51.7 Å². The molecule has 0 aromatic rings. The lowest BCUT2D eigenvalue weighted by molar-refractivity contribution is 0.0158. The molecule has 1 rings (SSSR count). The zero-order valence-corrected chi connectivity index (χ0v) is 10.8. The summed E-state index contributed by atoms with van der Waals surface area (Å²) in [5, 5.41) is 8.70. The first-order valence-corrected chi connectivity index (χ1v) is 6.03. The number of hydrogen-bond acceptors (Lipinski definition) is 3. The molecular weight excluding hydrogens is 218 g/mol. The van der Waals surface area contributed by atoms with Gasteiger partial charge in [-0.1, -0.05) is 11.8 Å². The molecule has 0 bridgehead atoms. The normalized spacial score (nSPS) is 20.5. The van der Waals surface area contributed by atoms with Crippen molar-refractivity contribution in [3.05, 3.63) is 0 Å². The fraction of sp³-hybridized carbons (Fsp3) is 0.769. The molecule has 1 atom stereocenters. The number of amides is 1. The Morgan fingerprint density at radius 1 is 1.47 bits per heavy atom. The van der Waals surface area contributed by atoms with Crippen molar-refractivity contribution in [3.8, 4) is 11.8 Å². The van der Waals surface area contributed by atoms with Crippen molar-refractivity contribution in [1.82, 2.24) is 4.90 Å². The van der Waals surface area contributed by atoms with Gasteiger partial charge in [0.1, 0.15) is 12.2 Å². The van der Waals surface area contributed by atoms with Crippen LogP contribution < -0.4 is 0 Å². The second-order valence-corrected chi connectivity index (χ2v) is 5.16. The first-order valence-electron chi connectivity index (χ1n) is 6.03. The number of carbonyl (C=O) groups excluding carboxylic acids is 1. The maximum absolute atomic E-state index is 12.0. The zero-order chi connectivity index (χ0) is 12.9. The summed E-state index contributed by atoms with van der Waals surface area (Å²) < 4.78 is 5.34. The van der Waals surface area contributed by atoms with E-state index in [1.807, 2.05) is 20.8 Å². The van der Waals surface area contributed by atoms with Gasteiger partial charge in [0.15, 0.2) is 0 Å². The van der Waals surface area contributed by atoms with Gasteiger partial charge >= 0.3 is 6.09 Å². The SMILES string of the molecule is CC(C)(C)OC(=O)N1CCCC[C@H]1C#CCO. The highest BCUT2D eigenvalue weighted by atomic mass is 16.6. The molecule has 4 nitrogen and oxygen atoms in total. The maximum atomic E-state index is 12.0. The van der Waals surface area contributed by atoms with Crippen LogP contribution in [0, 0.1) is 11.8 Å². The summed E-state index contributed by atoms with van der Waals surface area (Å²) >= 11 is 0. The number of hydrogen-bond donors (Lipinski definition) is 1. The van der Waals surface area contributed by atoms with Crippen LogP contribution in [0.25, 0.3) is 0 Å². The molecule has 0 aromatic carbocycles. The fourth-order valence-corrected chi connectivity index (χ4v) is 1.78. The van der Waals surface area contributed by atoms with Crippen molar-refractivity contribution in [2.75, 3.05) is 13.2 Å². The number of rotatable bonds is 0. The van der Waals surface area contributed by atoms with Crippen LogP contribution >= 0.6 is 0 Å². The molecule has 4 heteroatoms. The van der Waals surface area contributed by atoms with Crippen LogP contribution in [-0.2, 0) is 4.74 Å². The number of ether oxygens (including phenoxy) is 1. The van der Waals surface area contributed by atoms with Gasteiger partial charge in [-0.3, -0.25) is 4.90 Å². The molecule has 0 spiro atoms. The van der Waals surface area contributed by atoms with Crippen LogP contribution in [0.4, 0.5) is 4.79 Å². The second kappa shape index (κ2) is 5.92. The molecular formula is C13H21NO3. The molecule has 0 radical (unpaired) electrons. The highest BCUT2D eigenvalue weighted by molar-refractivity contribution is 5.69. The summed E-state index contributed by atoms with van der Waals surface area (Å²) in [4.78, 5) is 13.6. The monoisotopic (exact) mass is 239 g/mol. The Morgan fingerprint density at radius 3 is 2.76 bits per heavy atom. The van der Waals surface area contributed by atoms with Gasteiger partial charge < -0.3 is 9.84 Å². The maximum Gasteiger partial charge on any atom is 0.411 e. The van der Waals surface area contributed by atoms with E-state index >= 15 is 0 Å². The Kier molecular flexibility index (Phi) is 4.83. The molecule has 1 amide bonds. The summed E-state index contributed by atoms with van der Waals surface area (Å²) in [6, 6.07) is -0.120. The number of piperidine rings is 1. The molecule has 17 heavy (non-hydrogen) atoms. The number of likely N-dealkylation sites (tertiary alicyclic amines) is 1. The first kappa shape index (κ1) is 13.9. The molecule has 0 unspecified atom stereocenters. The van der Waals surface area contributed by atoms with Crippen LogP contribution in [0.2, 0.25) is 0 Å². The largest absolute Gasteiger partial charge is 0.444 e. The first-order chi connectivity index (χ1) is 7.94. The minimum Gasteiger partial charge on any atom is -0.444 e. The Bertz CT molecular complexity index is 322. The van der Waals surface area contributed by atoms with E-state index in [0.29, 0.717) is 6.54 Å². The lowest BCUT2D eigenvalue weighted by Gasteiger charge is -2.34. The summed E-state index contributed by atoms with van der Waals surface area (Å²) in [7, 11) is 0. The molecule has 0 aromatic heterocycles. The third-order valence-corrected chi connectivity index (χ3v) is 2.48. The van der Waals surface area contributed by atoms with Crippen molar-refractivity contribution in [3.63, 3.8) is 0 Å². The molecule has 1 saturated heterocycles. The molecule has 1 N–H and O–H groups in total. The van der Waals surface area contributed by atoms with E-state index in [-0.39, 0.29) is 18.7 Å². The molecule has 1 fully saturated rings. The van der Waals surface area contributed by atoms with Gasteiger partial charge in [0.05, 0.1) is 6.04 Å². The van der Waals surface area contributed by atoms with E-state index < -0.39 is 5.60 Å². The summed E-state index contributed by atoms with van der Waals surface area (Å²) in [6.45, 7) is 6.06. The Balaban J connectivity index is 2.67. The number of carbonyl (C=O) groups is 1. The minimum atomic E-state index is -0.483. The van der Waals surface area contributed by atoms with E-state index in [0.717, 1.165) is 19.3 Å². The topological polar surface area (TPSA) is 49.8 Å². The van der Waals surface area contributed by atoms with Crippen LogP contribution in [0.5, 0.6) is 0 Å². The van der Waals surface area contributed by atoms with Gasteiger partial charge in [0.2, 0.25) is 0 Å². The molecule has 96 valence electrons. The average Bonchev–Trinajstić information content (AvgIpc) is 2.24. The number of aliphatic hydroxyl groups is 1. The van der Waals surface area contributed by atoms with Crippen LogP contribution in [0.1, 0.15) is 40.0 Å². The fourth-order valence-electron chi connectivity index (χ4n) is 1.78. The van der Waals surface area contributed by atoms with E-state index in [1.54, 1.807) is 4.90 Å². The standard InChI is InChI=1S/C13H21NO3/c1-13(2,3)17-12(16)14-9-5-4-7-11(14)8-6-10-15/h11,15H,4-5,7,9-10H2,1-3H3/t11-/m0/s1. The van der Waals surface area contributed by atoms with Gasteiger partial charge in [-0.2, -0.15) is 0 Å². The summed E-state index contributed by atoms with van der Waals surface area (Å²) in [5.74, 6) is 5.53. The summed E-state index contributed by atoms with van der Waals surface area (Å²) in [5.41, 5.74) is -0.483. The molecule has 1 heterocycles. The quantitative estimate of drug-likeness (QED) is 0.655. The Labute approximate surface area is 103 Å². The van der Waals surface area contributed by atoms with Gasteiger partial charge in [0, 0.05) is 6.54 Å². The number of nitrogens with zero attached hydrogens (tertiary/aromatic N) is 1. The minimum absolute atomic E-state index is 0.120. The predicted octanol–water partition coefficient (Wildman–Crippen LogP) is 1.77. The third kappa shape index (κ3) is 4.66. The smallest absolute Gasteiger partial charge is 0.411 e. The van der Waals surface area contributed by atoms with Crippen molar-refractivity contribution >= 4 is 6.09 Å². The predicted molar refractivity (Wildman–Crippen MR) is 65.4 cm³/mol. The molecule has 1 aliphatic rings. The third-order valence-electron chi connectivity index (χ3n) is 2.48. The van der Waals surface area contributed by atoms with Gasteiger partial charge in [-0.15, -0.1) is 0 Å². The van der Waals surface area contributed by atoms with Crippen LogP contribution in [0.3, 0.4) is 0 Å². The van der Waals surface area contributed by atoms with E-state index in [1.165, 1.54) is 0 Å². The van der Waals surface area contributed by atoms with Crippen molar-refractivity contribution < 1.29 is 14.6 Å². The number of aliphatic hydroxyl groups excluding tert-OH is 1. The van der Waals surface area contributed by atoms with E-state index in [9.17, 15) is 4.79 Å². The van der Waals surface area contributed by atoms with Crippen LogP contribution in [0.15, 0.2) is 0 Å². The molecule has 1 aliphatic heterocycles. The van der Waals surface area contributed by atoms with Crippen LogP contribution in [-0.4, -0.2) is 40.9 Å². The Morgan fingerprint density at radius 2 is 2.18 bits per heavy atom. The highest BCUT2D eigenvalue weighted by Gasteiger charge is 2.29. The Hall–Kier alpha value is -1.21. The second-order valence-electron chi connectivity index (χ2n) is 5.16. The molecule has 0 aliphatic carbocycles. The molecule has 0 saturated carbocycles. The highest BCUT2D eigenvalue weighted by Crippen LogP contribution is 2.19. The lowest BCUT2D eigenvalue weighted by Crippen LogP contribution is -2.45. The van der Waals surface area contributed by atoms with Crippen molar-refractivity contribution in [2.24, 2.45) is 0 Å². The zero-order valence-electron chi connectivity index (χ0n) is 10.8. The van der Waals surface area contributed by atoms with Gasteiger partial charge in [-0.25, -0.2) is 4.79 Å². The van der Waals surface area contributed by atoms with E-state index in [4.69, 9.17) is 9.84 Å². The van der Waals surface area contributed by atoms with Crippen molar-refractivity contribution in [1.29, 1.82) is 0 Å².